The van der Waals surface area contributed by atoms with Crippen LogP contribution >= 0.6 is 23.2 Å². The molecule has 1 unspecified atom stereocenters. The summed E-state index contributed by atoms with van der Waals surface area (Å²) < 4.78 is 5.60. The van der Waals surface area contributed by atoms with Gasteiger partial charge in [-0.05, 0) is 43.8 Å². The van der Waals surface area contributed by atoms with Gasteiger partial charge in [0.25, 0.3) is 0 Å². The Morgan fingerprint density at radius 2 is 1.95 bits per heavy atom. The molecule has 0 saturated heterocycles. The van der Waals surface area contributed by atoms with Crippen LogP contribution in [0.3, 0.4) is 0 Å². The van der Waals surface area contributed by atoms with E-state index in [-0.39, 0.29) is 6.04 Å². The summed E-state index contributed by atoms with van der Waals surface area (Å²) in [5.41, 5.74) is 6.95. The second-order valence-electron chi connectivity index (χ2n) is 4.85. The number of hydrogen-bond acceptors (Lipinski definition) is 3. The first-order valence-electron chi connectivity index (χ1n) is 6.42. The van der Waals surface area contributed by atoms with E-state index >= 15 is 0 Å². The van der Waals surface area contributed by atoms with Gasteiger partial charge < -0.3 is 10.2 Å². The molecule has 0 fully saturated rings. The van der Waals surface area contributed by atoms with Gasteiger partial charge in [0.05, 0.1) is 16.6 Å². The Labute approximate surface area is 129 Å². The van der Waals surface area contributed by atoms with Crippen molar-refractivity contribution >= 4 is 23.2 Å². The van der Waals surface area contributed by atoms with Crippen LogP contribution < -0.4 is 5.73 Å². The van der Waals surface area contributed by atoms with Crippen molar-refractivity contribution in [2.75, 3.05) is 13.6 Å². The fraction of sp³-hybridized carbons (Fsp3) is 0.333. The molecule has 0 spiro atoms. The van der Waals surface area contributed by atoms with E-state index in [1.54, 1.807) is 6.07 Å². The van der Waals surface area contributed by atoms with E-state index in [9.17, 15) is 0 Å². The third-order valence-corrected chi connectivity index (χ3v) is 4.02. The molecule has 20 heavy (non-hydrogen) atoms. The first kappa shape index (κ1) is 15.4. The van der Waals surface area contributed by atoms with Crippen molar-refractivity contribution in [2.45, 2.75) is 19.5 Å². The molecule has 0 radical (unpaired) electrons. The lowest BCUT2D eigenvalue weighted by Crippen LogP contribution is -2.30. The maximum absolute atomic E-state index is 6.07. The molecule has 108 valence electrons. The van der Waals surface area contributed by atoms with Gasteiger partial charge in [0.15, 0.2) is 0 Å². The van der Waals surface area contributed by atoms with E-state index in [2.05, 4.69) is 4.90 Å². The summed E-state index contributed by atoms with van der Waals surface area (Å²) in [7, 11) is 2.01. The summed E-state index contributed by atoms with van der Waals surface area (Å²) in [6.45, 7) is 3.12. The third kappa shape index (κ3) is 3.55. The Balaban J connectivity index is 2.16. The molecule has 0 amide bonds. The Morgan fingerprint density at radius 1 is 1.20 bits per heavy atom. The average Bonchev–Trinajstić information content (AvgIpc) is 2.80. The molecule has 3 nitrogen and oxygen atoms in total. The van der Waals surface area contributed by atoms with Crippen LogP contribution in [-0.4, -0.2) is 18.5 Å². The quantitative estimate of drug-likeness (QED) is 0.906. The first-order chi connectivity index (χ1) is 9.51. The van der Waals surface area contributed by atoms with E-state index in [1.165, 1.54) is 0 Å². The lowest BCUT2D eigenvalue weighted by Gasteiger charge is -2.26. The first-order valence-corrected chi connectivity index (χ1v) is 7.17. The molecule has 1 aromatic carbocycles. The fourth-order valence-corrected chi connectivity index (χ4v) is 2.52. The summed E-state index contributed by atoms with van der Waals surface area (Å²) in [5, 5.41) is 1.10. The fourth-order valence-electron chi connectivity index (χ4n) is 2.22. The largest absolute Gasteiger partial charge is 0.465 e. The minimum Gasteiger partial charge on any atom is -0.465 e. The smallest absolute Gasteiger partial charge is 0.118 e. The molecule has 0 saturated carbocycles. The number of nitrogens with two attached hydrogens (primary N) is 1. The lowest BCUT2D eigenvalue weighted by atomic mass is 10.1. The van der Waals surface area contributed by atoms with Gasteiger partial charge in [0, 0.05) is 12.6 Å². The number of rotatable bonds is 5. The van der Waals surface area contributed by atoms with E-state index in [4.69, 9.17) is 33.4 Å². The zero-order chi connectivity index (χ0) is 14.7. The van der Waals surface area contributed by atoms with Crippen molar-refractivity contribution in [1.29, 1.82) is 0 Å². The normalized spacial score (nSPS) is 12.9. The molecule has 0 aliphatic heterocycles. The highest BCUT2D eigenvalue weighted by atomic mass is 35.5. The predicted octanol–water partition coefficient (Wildman–Crippen LogP) is 4.03. The van der Waals surface area contributed by atoms with E-state index < -0.39 is 0 Å². The highest BCUT2D eigenvalue weighted by Crippen LogP contribution is 2.28. The zero-order valence-corrected chi connectivity index (χ0v) is 13.1. The van der Waals surface area contributed by atoms with Gasteiger partial charge in [0.2, 0.25) is 0 Å². The monoisotopic (exact) mass is 312 g/mol. The Morgan fingerprint density at radius 3 is 2.50 bits per heavy atom. The third-order valence-electron chi connectivity index (χ3n) is 3.29. The summed E-state index contributed by atoms with van der Waals surface area (Å²) >= 11 is 12.0. The summed E-state index contributed by atoms with van der Waals surface area (Å²) in [5.74, 6) is 1.83. The van der Waals surface area contributed by atoms with Crippen LogP contribution in [0.1, 0.15) is 23.1 Å². The molecular weight excluding hydrogens is 295 g/mol. The molecule has 1 atom stereocenters. The van der Waals surface area contributed by atoms with Gasteiger partial charge in [-0.1, -0.05) is 29.3 Å². The van der Waals surface area contributed by atoms with Crippen LogP contribution in [0.5, 0.6) is 0 Å². The highest BCUT2D eigenvalue weighted by molar-refractivity contribution is 6.42. The second kappa shape index (κ2) is 6.64. The molecule has 2 aromatic rings. The van der Waals surface area contributed by atoms with Crippen molar-refractivity contribution < 1.29 is 4.42 Å². The number of furan rings is 1. The molecule has 2 rings (SSSR count). The molecule has 1 heterocycles. The van der Waals surface area contributed by atoms with E-state index in [0.29, 0.717) is 23.1 Å². The molecule has 2 N–H and O–H groups in total. The van der Waals surface area contributed by atoms with Gasteiger partial charge in [-0.2, -0.15) is 0 Å². The standard InChI is InChI=1S/C15H18Cl2N2O/c1-10-3-5-12(20-10)9-19(2)15(8-18)11-4-6-13(16)14(17)7-11/h3-7,15H,8-9,18H2,1-2H3. The van der Waals surface area contributed by atoms with Gasteiger partial charge in [0.1, 0.15) is 11.5 Å². The molecule has 0 aliphatic rings. The second-order valence-corrected chi connectivity index (χ2v) is 5.67. The number of hydrogen-bond donors (Lipinski definition) is 1. The number of aryl methyl sites for hydroxylation is 1. The highest BCUT2D eigenvalue weighted by Gasteiger charge is 2.17. The lowest BCUT2D eigenvalue weighted by molar-refractivity contribution is 0.221. The van der Waals surface area contributed by atoms with Crippen molar-refractivity contribution in [2.24, 2.45) is 5.73 Å². The van der Waals surface area contributed by atoms with Gasteiger partial charge in [-0.3, -0.25) is 4.90 Å². The zero-order valence-electron chi connectivity index (χ0n) is 11.6. The van der Waals surface area contributed by atoms with Crippen molar-refractivity contribution in [3.8, 4) is 0 Å². The summed E-state index contributed by atoms with van der Waals surface area (Å²) in [6.07, 6.45) is 0. The Hall–Kier alpha value is -1.00. The van der Waals surface area contributed by atoms with E-state index in [1.807, 2.05) is 38.2 Å². The Kier molecular flexibility index (Phi) is 5.11. The van der Waals surface area contributed by atoms with Gasteiger partial charge in [-0.15, -0.1) is 0 Å². The molecular formula is C15H18Cl2N2O. The molecule has 0 aliphatic carbocycles. The summed E-state index contributed by atoms with van der Waals surface area (Å²) in [4.78, 5) is 2.14. The maximum Gasteiger partial charge on any atom is 0.118 e. The number of halogens is 2. The van der Waals surface area contributed by atoms with Crippen LogP contribution in [0.2, 0.25) is 10.0 Å². The minimum absolute atomic E-state index is 0.0650. The molecule has 5 heteroatoms. The van der Waals surface area contributed by atoms with Crippen molar-refractivity contribution in [1.82, 2.24) is 4.90 Å². The van der Waals surface area contributed by atoms with Gasteiger partial charge in [-0.25, -0.2) is 0 Å². The van der Waals surface area contributed by atoms with Crippen LogP contribution in [0.4, 0.5) is 0 Å². The van der Waals surface area contributed by atoms with Crippen LogP contribution in [0, 0.1) is 6.92 Å². The summed E-state index contributed by atoms with van der Waals surface area (Å²) in [6, 6.07) is 9.62. The SMILES string of the molecule is Cc1ccc(CN(C)C(CN)c2ccc(Cl)c(Cl)c2)o1. The number of benzene rings is 1. The Bertz CT molecular complexity index is 583. The topological polar surface area (TPSA) is 42.4 Å². The van der Waals surface area contributed by atoms with Gasteiger partial charge >= 0.3 is 0 Å². The molecule has 0 bridgehead atoms. The van der Waals surface area contributed by atoms with Crippen LogP contribution in [0.25, 0.3) is 0 Å². The minimum atomic E-state index is 0.0650. The number of nitrogens with zero attached hydrogens (tertiary/aromatic N) is 1. The average molecular weight is 313 g/mol. The van der Waals surface area contributed by atoms with Crippen LogP contribution in [0.15, 0.2) is 34.7 Å². The predicted molar refractivity (Wildman–Crippen MR) is 83.2 cm³/mol. The van der Waals surface area contributed by atoms with E-state index in [0.717, 1.165) is 17.1 Å². The number of likely N-dealkylation sites (N-methyl/N-ethyl adjacent to an activating group) is 1. The molecule has 1 aromatic heterocycles. The van der Waals surface area contributed by atoms with Crippen molar-refractivity contribution in [3.05, 3.63) is 57.5 Å². The van der Waals surface area contributed by atoms with Crippen molar-refractivity contribution in [3.63, 3.8) is 0 Å². The van der Waals surface area contributed by atoms with Crippen LogP contribution in [-0.2, 0) is 6.54 Å². The maximum atomic E-state index is 6.07.